The van der Waals surface area contributed by atoms with Crippen molar-refractivity contribution in [3.63, 3.8) is 0 Å². The Morgan fingerprint density at radius 2 is 1.87 bits per heavy atom. The van der Waals surface area contributed by atoms with Crippen LogP contribution in [0.1, 0.15) is 26.7 Å². The molecular formula is C10H15NO4. The molecule has 0 aromatic carbocycles. The monoisotopic (exact) mass is 213 g/mol. The first-order valence-corrected chi connectivity index (χ1v) is 4.49. The molecule has 2 N–H and O–H groups in total. The van der Waals surface area contributed by atoms with E-state index < -0.39 is 17.4 Å². The summed E-state index contributed by atoms with van der Waals surface area (Å²) in [6.07, 6.45) is 0.734. The Morgan fingerprint density at radius 1 is 1.33 bits per heavy atom. The highest BCUT2D eigenvalue weighted by Gasteiger charge is 2.28. The summed E-state index contributed by atoms with van der Waals surface area (Å²) in [6, 6.07) is 0. The first kappa shape index (κ1) is 13.4. The molecule has 0 aliphatic carbocycles. The number of carboxylic acid groups (broad SMARTS) is 1. The van der Waals surface area contributed by atoms with Gasteiger partial charge in [-0.1, -0.05) is 6.58 Å². The van der Waals surface area contributed by atoms with Crippen LogP contribution in [0.15, 0.2) is 12.7 Å². The Balaban J connectivity index is 4.31. The Hall–Kier alpha value is -1.65. The van der Waals surface area contributed by atoms with Crippen LogP contribution in [-0.4, -0.2) is 28.3 Å². The number of rotatable bonds is 6. The lowest BCUT2D eigenvalue weighted by Crippen LogP contribution is -2.49. The fourth-order valence-corrected chi connectivity index (χ4v) is 0.962. The molecule has 0 aliphatic rings. The molecular weight excluding hydrogens is 198 g/mol. The fourth-order valence-electron chi connectivity index (χ4n) is 0.962. The zero-order valence-electron chi connectivity index (χ0n) is 8.87. The summed E-state index contributed by atoms with van der Waals surface area (Å²) in [5, 5.41) is 10.8. The topological polar surface area (TPSA) is 83.5 Å². The van der Waals surface area contributed by atoms with Gasteiger partial charge in [-0.3, -0.25) is 14.4 Å². The maximum Gasteiger partial charge on any atom is 0.303 e. The summed E-state index contributed by atoms with van der Waals surface area (Å²) in [6.45, 7) is 6.31. The minimum atomic E-state index is -1.05. The standard InChI is InChI=1S/C10H15NO4/c1-4-8(13)11-10(2,3)7(12)5-6-9(14)15/h4H,1,5-6H2,2-3H3,(H,11,13)(H,14,15). The van der Waals surface area contributed by atoms with Gasteiger partial charge in [0.05, 0.1) is 12.0 Å². The van der Waals surface area contributed by atoms with Gasteiger partial charge in [-0.15, -0.1) is 0 Å². The molecule has 0 aromatic rings. The van der Waals surface area contributed by atoms with Crippen LogP contribution in [0.5, 0.6) is 0 Å². The van der Waals surface area contributed by atoms with Gasteiger partial charge in [0, 0.05) is 6.42 Å². The number of Topliss-reactive ketones (excluding diaryl/α,β-unsaturated/α-hetero) is 1. The first-order valence-electron chi connectivity index (χ1n) is 4.49. The van der Waals surface area contributed by atoms with Gasteiger partial charge in [-0.2, -0.15) is 0 Å². The van der Waals surface area contributed by atoms with Crippen molar-refractivity contribution in [1.82, 2.24) is 5.32 Å². The van der Waals surface area contributed by atoms with Crippen LogP contribution in [0.4, 0.5) is 0 Å². The summed E-state index contributed by atoms with van der Waals surface area (Å²) < 4.78 is 0. The highest BCUT2D eigenvalue weighted by atomic mass is 16.4. The second-order valence-electron chi connectivity index (χ2n) is 3.64. The summed E-state index contributed by atoms with van der Waals surface area (Å²) in [5.74, 6) is -1.81. The molecule has 0 saturated heterocycles. The molecule has 0 aliphatic heterocycles. The van der Waals surface area contributed by atoms with Crippen molar-refractivity contribution in [1.29, 1.82) is 0 Å². The van der Waals surface area contributed by atoms with Crippen molar-refractivity contribution < 1.29 is 19.5 Å². The number of hydrogen-bond donors (Lipinski definition) is 2. The number of hydrogen-bond acceptors (Lipinski definition) is 3. The second kappa shape index (κ2) is 5.29. The quantitative estimate of drug-likeness (QED) is 0.629. The van der Waals surface area contributed by atoms with E-state index in [0.29, 0.717) is 0 Å². The number of aliphatic carboxylic acids is 1. The number of nitrogens with one attached hydrogen (secondary N) is 1. The summed E-state index contributed by atoms with van der Waals surface area (Å²) in [5.41, 5.74) is -1.05. The predicted octanol–water partition coefficient (Wildman–Crippen LogP) is 0.501. The average Bonchev–Trinajstić information content (AvgIpc) is 2.13. The SMILES string of the molecule is C=CC(=O)NC(C)(C)C(=O)CCC(=O)O. The van der Waals surface area contributed by atoms with Gasteiger partial charge in [0.1, 0.15) is 0 Å². The van der Waals surface area contributed by atoms with Crippen LogP contribution in [0, 0.1) is 0 Å². The molecule has 5 nitrogen and oxygen atoms in total. The molecule has 1 amide bonds. The van der Waals surface area contributed by atoms with Crippen LogP contribution in [0.2, 0.25) is 0 Å². The highest BCUT2D eigenvalue weighted by Crippen LogP contribution is 2.08. The lowest BCUT2D eigenvalue weighted by Gasteiger charge is -2.23. The Kier molecular flexibility index (Phi) is 4.70. The first-order chi connectivity index (χ1) is 6.79. The van der Waals surface area contributed by atoms with Crippen molar-refractivity contribution in [2.75, 3.05) is 0 Å². The van der Waals surface area contributed by atoms with Crippen LogP contribution >= 0.6 is 0 Å². The molecule has 15 heavy (non-hydrogen) atoms. The minimum Gasteiger partial charge on any atom is -0.481 e. The number of carbonyl (C=O) groups is 3. The maximum absolute atomic E-state index is 11.5. The number of carboxylic acids is 1. The van der Waals surface area contributed by atoms with Gasteiger partial charge in [0.15, 0.2) is 5.78 Å². The fraction of sp³-hybridized carbons (Fsp3) is 0.500. The van der Waals surface area contributed by atoms with Gasteiger partial charge >= 0.3 is 5.97 Å². The van der Waals surface area contributed by atoms with E-state index in [1.165, 1.54) is 13.8 Å². The minimum absolute atomic E-state index is 0.0975. The van der Waals surface area contributed by atoms with Crippen LogP contribution in [-0.2, 0) is 14.4 Å². The molecule has 0 spiro atoms. The van der Waals surface area contributed by atoms with E-state index >= 15 is 0 Å². The summed E-state index contributed by atoms with van der Waals surface area (Å²) >= 11 is 0. The van der Waals surface area contributed by atoms with Crippen molar-refractivity contribution in [3.8, 4) is 0 Å². The number of amides is 1. The van der Waals surface area contributed by atoms with Crippen molar-refractivity contribution >= 4 is 17.7 Å². The zero-order valence-corrected chi connectivity index (χ0v) is 8.87. The predicted molar refractivity (Wildman–Crippen MR) is 54.3 cm³/mol. The van der Waals surface area contributed by atoms with Gasteiger partial charge in [-0.05, 0) is 19.9 Å². The average molecular weight is 213 g/mol. The van der Waals surface area contributed by atoms with Gasteiger partial charge in [0.25, 0.3) is 0 Å². The van der Waals surface area contributed by atoms with Gasteiger partial charge in [-0.25, -0.2) is 0 Å². The van der Waals surface area contributed by atoms with E-state index in [4.69, 9.17) is 5.11 Å². The van der Waals surface area contributed by atoms with Gasteiger partial charge < -0.3 is 10.4 Å². The lowest BCUT2D eigenvalue weighted by molar-refractivity contribution is -0.139. The molecule has 84 valence electrons. The van der Waals surface area contributed by atoms with E-state index in [2.05, 4.69) is 11.9 Å². The lowest BCUT2D eigenvalue weighted by atomic mass is 9.95. The smallest absolute Gasteiger partial charge is 0.303 e. The van der Waals surface area contributed by atoms with Crippen LogP contribution < -0.4 is 5.32 Å². The molecule has 0 heterocycles. The van der Waals surface area contributed by atoms with Crippen molar-refractivity contribution in [3.05, 3.63) is 12.7 Å². The highest BCUT2D eigenvalue weighted by molar-refractivity contribution is 5.96. The van der Waals surface area contributed by atoms with E-state index in [9.17, 15) is 14.4 Å². The number of carbonyl (C=O) groups excluding carboxylic acids is 2. The molecule has 5 heteroatoms. The normalized spacial score (nSPS) is 10.5. The third kappa shape index (κ3) is 4.95. The van der Waals surface area contributed by atoms with Crippen LogP contribution in [0.25, 0.3) is 0 Å². The molecule has 0 atom stereocenters. The molecule has 0 radical (unpaired) electrons. The second-order valence-corrected chi connectivity index (χ2v) is 3.64. The van der Waals surface area contributed by atoms with E-state index in [1.54, 1.807) is 0 Å². The van der Waals surface area contributed by atoms with Crippen LogP contribution in [0.3, 0.4) is 0 Å². The molecule has 0 fully saturated rings. The third-order valence-corrected chi connectivity index (χ3v) is 1.88. The Morgan fingerprint density at radius 3 is 2.27 bits per heavy atom. The third-order valence-electron chi connectivity index (χ3n) is 1.88. The molecule has 0 saturated carbocycles. The number of ketones is 1. The summed E-state index contributed by atoms with van der Waals surface area (Å²) in [4.78, 5) is 32.7. The largest absolute Gasteiger partial charge is 0.481 e. The van der Waals surface area contributed by atoms with Gasteiger partial charge in [0.2, 0.25) is 5.91 Å². The van der Waals surface area contributed by atoms with E-state index in [1.807, 2.05) is 0 Å². The zero-order chi connectivity index (χ0) is 12.1. The Labute approximate surface area is 88.2 Å². The maximum atomic E-state index is 11.5. The van der Waals surface area contributed by atoms with Crippen molar-refractivity contribution in [2.45, 2.75) is 32.2 Å². The molecule has 0 rings (SSSR count). The molecule has 0 unspecified atom stereocenters. The van der Waals surface area contributed by atoms with Crippen molar-refractivity contribution in [2.24, 2.45) is 0 Å². The Bertz CT molecular complexity index is 294. The van der Waals surface area contributed by atoms with E-state index in [-0.39, 0.29) is 18.6 Å². The summed E-state index contributed by atoms with van der Waals surface area (Å²) in [7, 11) is 0. The van der Waals surface area contributed by atoms with E-state index in [0.717, 1.165) is 6.08 Å². The molecule has 0 bridgehead atoms. The molecule has 0 aromatic heterocycles.